The van der Waals surface area contributed by atoms with Crippen LogP contribution in [0.4, 0.5) is 10.1 Å². The molecule has 6 heteroatoms. The third-order valence-corrected chi connectivity index (χ3v) is 2.86. The third-order valence-electron chi connectivity index (χ3n) is 2.86. The number of pyridine rings is 1. The molecule has 0 spiro atoms. The number of aromatic nitrogens is 3. The van der Waals surface area contributed by atoms with Crippen LogP contribution in [0.25, 0.3) is 22.6 Å². The number of nitrogen functional groups attached to an aromatic ring is 1. The number of anilines is 1. The molecule has 0 atom stereocenters. The van der Waals surface area contributed by atoms with Gasteiger partial charge in [-0.1, -0.05) is 0 Å². The minimum absolute atomic E-state index is 0.357. The van der Waals surface area contributed by atoms with Gasteiger partial charge in [0.25, 0.3) is 0 Å². The number of H-pyrrole nitrogens is 1. The van der Waals surface area contributed by atoms with Crippen molar-refractivity contribution in [2.24, 2.45) is 0 Å². The van der Waals surface area contributed by atoms with Crippen molar-refractivity contribution >= 4 is 16.9 Å². The second-order valence-electron chi connectivity index (χ2n) is 4.28. The second-order valence-corrected chi connectivity index (χ2v) is 4.28. The van der Waals surface area contributed by atoms with Gasteiger partial charge in [0.2, 0.25) is 5.88 Å². The molecule has 5 nitrogen and oxygen atoms in total. The molecule has 2 aromatic heterocycles. The van der Waals surface area contributed by atoms with Crippen molar-refractivity contribution in [3.05, 3.63) is 36.1 Å². The molecule has 0 fully saturated rings. The Balaban J connectivity index is 2.08. The smallest absolute Gasteiger partial charge is 0.215 e. The zero-order chi connectivity index (χ0) is 14.1. The average Bonchev–Trinajstić information content (AvgIpc) is 2.81. The number of imidazole rings is 1. The molecule has 3 rings (SSSR count). The lowest BCUT2D eigenvalue weighted by Gasteiger charge is -1.99. The molecule has 20 heavy (non-hydrogen) atoms. The summed E-state index contributed by atoms with van der Waals surface area (Å²) >= 11 is 0. The summed E-state index contributed by atoms with van der Waals surface area (Å²) in [5.41, 5.74) is 7.48. The van der Waals surface area contributed by atoms with Gasteiger partial charge < -0.3 is 15.5 Å². The summed E-state index contributed by atoms with van der Waals surface area (Å²) in [6.45, 7) is 2.41. The van der Waals surface area contributed by atoms with Crippen molar-refractivity contribution in [2.45, 2.75) is 6.92 Å². The maximum absolute atomic E-state index is 13.9. The summed E-state index contributed by atoms with van der Waals surface area (Å²) in [6.07, 6.45) is 0. The lowest BCUT2D eigenvalue weighted by Crippen LogP contribution is -1.93. The van der Waals surface area contributed by atoms with E-state index in [1.807, 2.05) is 6.92 Å². The van der Waals surface area contributed by atoms with Crippen LogP contribution in [0.5, 0.6) is 5.88 Å². The van der Waals surface area contributed by atoms with Gasteiger partial charge in [-0.05, 0) is 31.2 Å². The molecule has 102 valence electrons. The molecular weight excluding hydrogens is 259 g/mol. The molecule has 0 saturated carbocycles. The van der Waals surface area contributed by atoms with E-state index >= 15 is 0 Å². The van der Waals surface area contributed by atoms with E-state index in [4.69, 9.17) is 10.5 Å². The van der Waals surface area contributed by atoms with Gasteiger partial charge in [0.15, 0.2) is 5.65 Å². The number of aromatic amines is 1. The molecule has 0 radical (unpaired) electrons. The zero-order valence-electron chi connectivity index (χ0n) is 10.9. The van der Waals surface area contributed by atoms with Crippen molar-refractivity contribution in [3.63, 3.8) is 0 Å². The predicted octanol–water partition coefficient (Wildman–Crippen LogP) is 2.74. The van der Waals surface area contributed by atoms with Gasteiger partial charge in [0.1, 0.15) is 11.6 Å². The number of nitrogens with one attached hydrogen (secondary N) is 1. The fraction of sp³-hybridized carbons (Fsp3) is 0.143. The topological polar surface area (TPSA) is 76.8 Å². The van der Waals surface area contributed by atoms with Gasteiger partial charge >= 0.3 is 0 Å². The van der Waals surface area contributed by atoms with Gasteiger partial charge in [0, 0.05) is 11.8 Å². The summed E-state index contributed by atoms with van der Waals surface area (Å²) in [5.74, 6) is 0.489. The van der Waals surface area contributed by atoms with E-state index in [-0.39, 0.29) is 0 Å². The molecule has 0 amide bonds. The summed E-state index contributed by atoms with van der Waals surface area (Å²) < 4.78 is 19.2. The Hall–Kier alpha value is -2.63. The number of rotatable bonds is 3. The molecule has 3 N–H and O–H groups in total. The van der Waals surface area contributed by atoms with Crippen molar-refractivity contribution in [1.82, 2.24) is 15.0 Å². The molecule has 0 aliphatic heterocycles. The quantitative estimate of drug-likeness (QED) is 0.719. The first-order valence-corrected chi connectivity index (χ1v) is 6.22. The zero-order valence-corrected chi connectivity index (χ0v) is 10.9. The van der Waals surface area contributed by atoms with Crippen molar-refractivity contribution < 1.29 is 9.13 Å². The first-order chi connectivity index (χ1) is 9.67. The number of fused-ring (bicyclic) bond motifs is 1. The van der Waals surface area contributed by atoms with Crippen LogP contribution in [0, 0.1) is 5.82 Å². The van der Waals surface area contributed by atoms with Crippen LogP contribution < -0.4 is 10.5 Å². The first-order valence-electron chi connectivity index (χ1n) is 6.22. The van der Waals surface area contributed by atoms with E-state index < -0.39 is 5.82 Å². The van der Waals surface area contributed by atoms with Crippen molar-refractivity contribution in [1.29, 1.82) is 0 Å². The van der Waals surface area contributed by atoms with Crippen LogP contribution in [0.2, 0.25) is 0 Å². The lowest BCUT2D eigenvalue weighted by atomic mass is 10.2. The fourth-order valence-electron chi connectivity index (χ4n) is 1.95. The van der Waals surface area contributed by atoms with Gasteiger partial charge in [-0.3, -0.25) is 0 Å². The maximum atomic E-state index is 13.9. The summed E-state index contributed by atoms with van der Waals surface area (Å²) in [4.78, 5) is 11.6. The van der Waals surface area contributed by atoms with E-state index in [9.17, 15) is 4.39 Å². The summed E-state index contributed by atoms with van der Waals surface area (Å²) in [7, 11) is 0. The second kappa shape index (κ2) is 4.80. The number of hydrogen-bond acceptors (Lipinski definition) is 4. The van der Waals surface area contributed by atoms with E-state index in [0.29, 0.717) is 35.2 Å². The van der Waals surface area contributed by atoms with Crippen LogP contribution >= 0.6 is 0 Å². The first kappa shape index (κ1) is 12.4. The fourth-order valence-corrected chi connectivity index (χ4v) is 1.95. The minimum Gasteiger partial charge on any atom is -0.478 e. The number of nitrogens with two attached hydrogens (primary N) is 1. The monoisotopic (exact) mass is 272 g/mol. The molecular formula is C14H13FN4O. The SMILES string of the molecule is CCOc1ccc2[nH]c(-c3ccc(N)cc3F)nc2n1. The summed E-state index contributed by atoms with van der Waals surface area (Å²) in [6, 6.07) is 8.03. The Bertz CT molecular complexity index is 769. The van der Waals surface area contributed by atoms with Gasteiger partial charge in [-0.15, -0.1) is 0 Å². The normalized spacial score (nSPS) is 10.9. The highest BCUT2D eigenvalue weighted by atomic mass is 19.1. The average molecular weight is 272 g/mol. The van der Waals surface area contributed by atoms with Gasteiger partial charge in [0.05, 0.1) is 17.7 Å². The minimum atomic E-state index is -0.422. The molecule has 0 unspecified atom stereocenters. The van der Waals surface area contributed by atoms with E-state index in [1.165, 1.54) is 6.07 Å². The van der Waals surface area contributed by atoms with Crippen LogP contribution in [-0.2, 0) is 0 Å². The maximum Gasteiger partial charge on any atom is 0.215 e. The Morgan fingerprint density at radius 3 is 2.85 bits per heavy atom. The van der Waals surface area contributed by atoms with Crippen molar-refractivity contribution in [2.75, 3.05) is 12.3 Å². The molecule has 0 bridgehead atoms. The molecule has 1 aromatic carbocycles. The Morgan fingerprint density at radius 1 is 1.25 bits per heavy atom. The summed E-state index contributed by atoms with van der Waals surface area (Å²) in [5, 5.41) is 0. The van der Waals surface area contributed by atoms with Gasteiger partial charge in [-0.25, -0.2) is 9.37 Å². The highest BCUT2D eigenvalue weighted by molar-refractivity contribution is 5.76. The Morgan fingerprint density at radius 2 is 2.10 bits per heavy atom. The molecule has 0 saturated heterocycles. The van der Waals surface area contributed by atoms with Crippen LogP contribution in [-0.4, -0.2) is 21.6 Å². The van der Waals surface area contributed by atoms with E-state index in [1.54, 1.807) is 24.3 Å². The highest BCUT2D eigenvalue weighted by Gasteiger charge is 2.11. The predicted molar refractivity (Wildman–Crippen MR) is 74.9 cm³/mol. The third kappa shape index (κ3) is 2.16. The van der Waals surface area contributed by atoms with Crippen LogP contribution in [0.1, 0.15) is 6.92 Å². The molecule has 0 aliphatic rings. The van der Waals surface area contributed by atoms with Crippen molar-refractivity contribution in [3.8, 4) is 17.3 Å². The number of benzene rings is 1. The van der Waals surface area contributed by atoms with Crippen LogP contribution in [0.15, 0.2) is 30.3 Å². The number of hydrogen-bond donors (Lipinski definition) is 2. The van der Waals surface area contributed by atoms with E-state index in [0.717, 1.165) is 5.52 Å². The Labute approximate surface area is 114 Å². The number of nitrogens with zero attached hydrogens (tertiary/aromatic N) is 2. The molecule has 0 aliphatic carbocycles. The van der Waals surface area contributed by atoms with Gasteiger partial charge in [-0.2, -0.15) is 4.98 Å². The van der Waals surface area contributed by atoms with Crippen LogP contribution in [0.3, 0.4) is 0 Å². The largest absolute Gasteiger partial charge is 0.478 e. The standard InChI is InChI=1S/C14H13FN4O/c1-2-20-12-6-5-11-14(18-12)19-13(17-11)9-4-3-8(16)7-10(9)15/h3-7H,2,16H2,1H3,(H,17,18,19). The van der Waals surface area contributed by atoms with E-state index in [2.05, 4.69) is 15.0 Å². The Kier molecular flexibility index (Phi) is 2.98. The highest BCUT2D eigenvalue weighted by Crippen LogP contribution is 2.24. The molecule has 3 aromatic rings. The number of ether oxygens (including phenoxy) is 1. The number of halogens is 1. The molecule has 2 heterocycles. The lowest BCUT2D eigenvalue weighted by molar-refractivity contribution is 0.328.